The number of rotatable bonds is 4. The lowest BCUT2D eigenvalue weighted by Crippen LogP contribution is -2.16. The topological polar surface area (TPSA) is 71.3 Å². The molecule has 0 unspecified atom stereocenters. The van der Waals surface area contributed by atoms with Crippen LogP contribution in [0.15, 0.2) is 34.9 Å². The first-order valence-corrected chi connectivity index (χ1v) is 6.91. The first-order valence-electron chi connectivity index (χ1n) is 6.12. The van der Waals surface area contributed by atoms with Gasteiger partial charge >= 0.3 is 5.97 Å². The lowest BCUT2D eigenvalue weighted by atomic mass is 10.2. The third kappa shape index (κ3) is 3.30. The zero-order chi connectivity index (χ0) is 15.6. The maximum atomic E-state index is 13.6. The highest BCUT2D eigenvalue weighted by Crippen LogP contribution is 2.18. The fourth-order valence-corrected chi connectivity index (χ4v) is 2.35. The molecule has 0 aliphatic heterocycles. The third-order valence-electron chi connectivity index (χ3n) is 2.89. The number of aryl methyl sites for hydroxylation is 1. The smallest absolute Gasteiger partial charge is 0.338 e. The van der Waals surface area contributed by atoms with Crippen molar-refractivity contribution >= 4 is 33.5 Å². The molecular weight excluding hydrogens is 343 g/mol. The van der Waals surface area contributed by atoms with Gasteiger partial charge in [0, 0.05) is 22.9 Å². The van der Waals surface area contributed by atoms with Gasteiger partial charge in [0.25, 0.3) is 5.91 Å². The highest BCUT2D eigenvalue weighted by molar-refractivity contribution is 9.10. The fraction of sp³-hybridized carbons (Fsp3) is 0.143. The van der Waals surface area contributed by atoms with Gasteiger partial charge in [0.05, 0.1) is 5.56 Å². The number of aromatic nitrogens is 1. The predicted octanol–water partition coefficient (Wildman–Crippen LogP) is 3.36. The summed E-state index contributed by atoms with van der Waals surface area (Å²) >= 11 is 3.29. The Hall–Kier alpha value is -2.15. The minimum atomic E-state index is -1.35. The third-order valence-corrected chi connectivity index (χ3v) is 3.33. The first-order chi connectivity index (χ1) is 9.92. The molecule has 0 radical (unpaired) electrons. The van der Waals surface area contributed by atoms with E-state index in [0.29, 0.717) is 12.2 Å². The van der Waals surface area contributed by atoms with Crippen molar-refractivity contribution in [3.05, 3.63) is 52.0 Å². The van der Waals surface area contributed by atoms with Crippen molar-refractivity contribution in [2.75, 3.05) is 5.32 Å². The number of hydrogen-bond acceptors (Lipinski definition) is 2. The van der Waals surface area contributed by atoms with Crippen molar-refractivity contribution in [3.63, 3.8) is 0 Å². The molecule has 1 aromatic heterocycles. The molecule has 5 nitrogen and oxygen atoms in total. The average Bonchev–Trinajstić information content (AvgIpc) is 2.79. The van der Waals surface area contributed by atoms with Crippen LogP contribution in [0.2, 0.25) is 0 Å². The molecule has 7 heteroatoms. The van der Waals surface area contributed by atoms with E-state index in [2.05, 4.69) is 21.2 Å². The predicted molar refractivity (Wildman–Crippen MR) is 79.1 cm³/mol. The monoisotopic (exact) mass is 354 g/mol. The van der Waals surface area contributed by atoms with Gasteiger partial charge in [-0.25, -0.2) is 9.18 Å². The summed E-state index contributed by atoms with van der Waals surface area (Å²) in [7, 11) is 0. The van der Waals surface area contributed by atoms with Crippen LogP contribution in [0.1, 0.15) is 27.8 Å². The minimum Gasteiger partial charge on any atom is -0.478 e. The molecule has 1 heterocycles. The number of nitrogens with one attached hydrogen (secondary N) is 1. The van der Waals surface area contributed by atoms with Gasteiger partial charge in [-0.05, 0) is 47.1 Å². The van der Waals surface area contributed by atoms with Gasteiger partial charge in [-0.3, -0.25) is 4.79 Å². The van der Waals surface area contributed by atoms with E-state index in [0.717, 1.165) is 16.6 Å². The van der Waals surface area contributed by atoms with E-state index in [4.69, 9.17) is 5.11 Å². The molecule has 0 spiro atoms. The van der Waals surface area contributed by atoms with E-state index in [1.165, 1.54) is 6.07 Å². The molecule has 21 heavy (non-hydrogen) atoms. The van der Waals surface area contributed by atoms with Gasteiger partial charge in [0.15, 0.2) is 0 Å². The number of anilines is 1. The van der Waals surface area contributed by atoms with Gasteiger partial charge in [0.1, 0.15) is 11.5 Å². The number of hydrogen-bond donors (Lipinski definition) is 2. The Morgan fingerprint density at radius 1 is 1.38 bits per heavy atom. The summed E-state index contributed by atoms with van der Waals surface area (Å²) in [6.45, 7) is 2.51. The molecule has 2 aromatic rings. The molecule has 2 N–H and O–H groups in total. The van der Waals surface area contributed by atoms with E-state index in [9.17, 15) is 14.0 Å². The Balaban J connectivity index is 2.23. The molecule has 1 aromatic carbocycles. The van der Waals surface area contributed by atoms with Crippen LogP contribution in [0, 0.1) is 5.82 Å². The molecule has 2 rings (SSSR count). The van der Waals surface area contributed by atoms with Crippen LogP contribution in [0.4, 0.5) is 10.1 Å². The highest BCUT2D eigenvalue weighted by atomic mass is 79.9. The van der Waals surface area contributed by atoms with Crippen molar-refractivity contribution in [2.45, 2.75) is 13.5 Å². The largest absolute Gasteiger partial charge is 0.478 e. The minimum absolute atomic E-state index is 0.197. The second-order valence-corrected chi connectivity index (χ2v) is 5.20. The molecule has 0 fully saturated rings. The molecule has 0 saturated carbocycles. The average molecular weight is 355 g/mol. The Bertz CT molecular complexity index is 712. The van der Waals surface area contributed by atoms with Crippen LogP contribution in [0.3, 0.4) is 0 Å². The quantitative estimate of drug-likeness (QED) is 0.884. The van der Waals surface area contributed by atoms with Crippen LogP contribution in [0.5, 0.6) is 0 Å². The van der Waals surface area contributed by atoms with Gasteiger partial charge < -0.3 is 15.0 Å². The number of aromatic carboxylic acids is 1. The Morgan fingerprint density at radius 3 is 2.67 bits per heavy atom. The molecule has 0 aliphatic rings. The van der Waals surface area contributed by atoms with Crippen LogP contribution >= 0.6 is 15.9 Å². The number of nitrogens with zero attached hydrogens (tertiary/aromatic N) is 1. The normalized spacial score (nSPS) is 10.4. The molecule has 1 amide bonds. The van der Waals surface area contributed by atoms with Crippen molar-refractivity contribution < 1.29 is 19.1 Å². The summed E-state index contributed by atoms with van der Waals surface area (Å²) in [6, 6.07) is 5.09. The van der Waals surface area contributed by atoms with Crippen LogP contribution in [-0.4, -0.2) is 21.6 Å². The second-order valence-electron chi connectivity index (χ2n) is 4.28. The van der Waals surface area contributed by atoms with Crippen molar-refractivity contribution in [2.24, 2.45) is 0 Å². The SMILES string of the molecule is CCn1cc(Br)cc1C(=O)Nc1ccc(C(=O)O)c(F)c1. The molecule has 110 valence electrons. The van der Waals surface area contributed by atoms with Crippen LogP contribution in [-0.2, 0) is 6.54 Å². The second kappa shape index (κ2) is 6.09. The summed E-state index contributed by atoms with van der Waals surface area (Å²) in [5.74, 6) is -2.65. The number of halogens is 2. The number of carbonyl (C=O) groups excluding carboxylic acids is 1. The fourth-order valence-electron chi connectivity index (χ4n) is 1.89. The van der Waals surface area contributed by atoms with Crippen molar-refractivity contribution in [1.29, 1.82) is 0 Å². The number of carboxylic acid groups (broad SMARTS) is 1. The van der Waals surface area contributed by atoms with E-state index >= 15 is 0 Å². The van der Waals surface area contributed by atoms with Crippen LogP contribution in [0.25, 0.3) is 0 Å². The van der Waals surface area contributed by atoms with E-state index in [-0.39, 0.29) is 5.69 Å². The lowest BCUT2D eigenvalue weighted by molar-refractivity contribution is 0.0692. The Kier molecular flexibility index (Phi) is 4.42. The summed E-state index contributed by atoms with van der Waals surface area (Å²) in [5.41, 5.74) is 0.183. The van der Waals surface area contributed by atoms with Gasteiger partial charge in [0.2, 0.25) is 0 Å². The van der Waals surface area contributed by atoms with E-state index in [1.807, 2.05) is 6.92 Å². The summed E-state index contributed by atoms with van der Waals surface area (Å²) in [4.78, 5) is 22.9. The van der Waals surface area contributed by atoms with Gasteiger partial charge in [-0.2, -0.15) is 0 Å². The van der Waals surface area contributed by atoms with Gasteiger partial charge in [-0.15, -0.1) is 0 Å². The van der Waals surface area contributed by atoms with Crippen molar-refractivity contribution in [1.82, 2.24) is 4.57 Å². The standard InChI is InChI=1S/C14H12BrFN2O3/c1-2-18-7-8(15)5-12(18)13(19)17-9-3-4-10(14(20)21)11(16)6-9/h3-7H,2H2,1H3,(H,17,19)(H,20,21). The lowest BCUT2D eigenvalue weighted by Gasteiger charge is -2.08. The molecule has 0 atom stereocenters. The maximum absolute atomic E-state index is 13.6. The zero-order valence-electron chi connectivity index (χ0n) is 11.1. The van der Waals surface area contributed by atoms with Crippen LogP contribution < -0.4 is 5.32 Å². The first kappa shape index (κ1) is 15.2. The molecule has 0 bridgehead atoms. The number of amides is 1. The number of carbonyl (C=O) groups is 2. The number of benzene rings is 1. The summed E-state index contributed by atoms with van der Waals surface area (Å²) in [6.07, 6.45) is 1.77. The van der Waals surface area contributed by atoms with Crippen molar-refractivity contribution in [3.8, 4) is 0 Å². The molecular formula is C14H12BrFN2O3. The van der Waals surface area contributed by atoms with Gasteiger partial charge in [-0.1, -0.05) is 0 Å². The summed E-state index contributed by atoms with van der Waals surface area (Å²) in [5, 5.41) is 11.3. The Labute approximate surface area is 128 Å². The van der Waals surface area contributed by atoms with E-state index < -0.39 is 23.3 Å². The highest BCUT2D eigenvalue weighted by Gasteiger charge is 2.15. The zero-order valence-corrected chi connectivity index (χ0v) is 12.6. The number of carboxylic acids is 1. The molecule has 0 saturated heterocycles. The summed E-state index contributed by atoms with van der Waals surface area (Å²) < 4.78 is 16.1. The Morgan fingerprint density at radius 2 is 2.10 bits per heavy atom. The molecule has 0 aliphatic carbocycles. The maximum Gasteiger partial charge on any atom is 0.338 e. The van der Waals surface area contributed by atoms with E-state index in [1.54, 1.807) is 16.8 Å².